The number of aromatic nitrogens is 1. The number of hydrogen-bond donors (Lipinski definition) is 0. The van der Waals surface area contributed by atoms with Gasteiger partial charge in [0, 0.05) is 11.1 Å². The van der Waals surface area contributed by atoms with Gasteiger partial charge >= 0.3 is 0 Å². The highest BCUT2D eigenvalue weighted by Crippen LogP contribution is 2.41. The molecular weight excluding hydrogens is 392 g/mol. The second-order valence-corrected chi connectivity index (χ2v) is 6.67. The fourth-order valence-corrected chi connectivity index (χ4v) is 3.29. The first-order valence-corrected chi connectivity index (χ1v) is 9.59. The van der Waals surface area contributed by atoms with Crippen molar-refractivity contribution < 1.29 is 23.4 Å². The molecule has 0 aliphatic carbocycles. The molecule has 0 amide bonds. The van der Waals surface area contributed by atoms with Gasteiger partial charge in [-0.3, -0.25) is 0 Å². The summed E-state index contributed by atoms with van der Waals surface area (Å²) in [5.74, 6) is 3.17. The number of nitriles is 1. The SMILES string of the molecule is COc1ccc(-c2nc(SCC#N)oc2-c2ccc(OC)c(OC)c2)cc1OC. The van der Waals surface area contributed by atoms with E-state index in [-0.39, 0.29) is 5.75 Å². The van der Waals surface area contributed by atoms with Crippen LogP contribution in [-0.2, 0) is 0 Å². The van der Waals surface area contributed by atoms with Gasteiger partial charge in [-0.1, -0.05) is 11.8 Å². The van der Waals surface area contributed by atoms with Gasteiger partial charge in [0.2, 0.25) is 0 Å². The van der Waals surface area contributed by atoms with E-state index in [0.29, 0.717) is 39.7 Å². The minimum atomic E-state index is 0.233. The van der Waals surface area contributed by atoms with E-state index in [9.17, 15) is 0 Å². The number of methoxy groups -OCH3 is 4. The first-order chi connectivity index (χ1) is 14.1. The van der Waals surface area contributed by atoms with Crippen LogP contribution < -0.4 is 18.9 Å². The van der Waals surface area contributed by atoms with Gasteiger partial charge in [0.05, 0.1) is 40.3 Å². The lowest BCUT2D eigenvalue weighted by Crippen LogP contribution is -1.92. The Hall–Kier alpha value is -3.31. The minimum absolute atomic E-state index is 0.233. The molecular formula is C21H20N2O5S. The molecule has 0 radical (unpaired) electrons. The van der Waals surface area contributed by atoms with Crippen LogP contribution in [0, 0.1) is 11.3 Å². The summed E-state index contributed by atoms with van der Waals surface area (Å²) in [6.07, 6.45) is 0. The highest BCUT2D eigenvalue weighted by molar-refractivity contribution is 7.99. The molecule has 0 aliphatic rings. The molecule has 0 bridgehead atoms. The maximum absolute atomic E-state index is 8.89. The van der Waals surface area contributed by atoms with Gasteiger partial charge in [-0.05, 0) is 36.4 Å². The molecule has 0 aliphatic heterocycles. The molecule has 0 atom stereocenters. The standard InChI is InChI=1S/C21H20N2O5S/c1-24-15-7-5-13(11-17(15)26-3)19-20(28-21(23-19)29-10-9-22)14-6-8-16(25-2)18(12-14)27-4/h5-8,11-12H,10H2,1-4H3. The van der Waals surface area contributed by atoms with Gasteiger partial charge in [0.25, 0.3) is 5.22 Å². The fraction of sp³-hybridized carbons (Fsp3) is 0.238. The molecule has 0 fully saturated rings. The van der Waals surface area contributed by atoms with Crippen LogP contribution in [0.5, 0.6) is 23.0 Å². The van der Waals surface area contributed by atoms with Crippen molar-refractivity contribution in [3.05, 3.63) is 36.4 Å². The number of thioether (sulfide) groups is 1. The fourth-order valence-electron chi connectivity index (χ4n) is 2.81. The predicted octanol–water partition coefficient (Wildman–Crippen LogP) is 4.66. The molecule has 0 N–H and O–H groups in total. The Morgan fingerprint density at radius 2 is 1.41 bits per heavy atom. The van der Waals surface area contributed by atoms with Crippen LogP contribution in [0.4, 0.5) is 0 Å². The molecule has 150 valence electrons. The predicted molar refractivity (Wildman–Crippen MR) is 110 cm³/mol. The van der Waals surface area contributed by atoms with E-state index in [4.69, 9.17) is 28.6 Å². The lowest BCUT2D eigenvalue weighted by atomic mass is 10.0. The summed E-state index contributed by atoms with van der Waals surface area (Å²) in [5.41, 5.74) is 2.18. The van der Waals surface area contributed by atoms with E-state index in [1.165, 1.54) is 11.8 Å². The summed E-state index contributed by atoms with van der Waals surface area (Å²) >= 11 is 1.23. The first-order valence-electron chi connectivity index (χ1n) is 8.60. The Morgan fingerprint density at radius 3 is 1.97 bits per heavy atom. The van der Waals surface area contributed by atoms with E-state index in [0.717, 1.165) is 11.1 Å². The molecule has 7 nitrogen and oxygen atoms in total. The van der Waals surface area contributed by atoms with Crippen LogP contribution in [0.15, 0.2) is 46.0 Å². The van der Waals surface area contributed by atoms with Gasteiger partial charge in [-0.25, -0.2) is 4.98 Å². The van der Waals surface area contributed by atoms with Crippen molar-refractivity contribution in [2.24, 2.45) is 0 Å². The second kappa shape index (κ2) is 9.26. The minimum Gasteiger partial charge on any atom is -0.493 e. The van der Waals surface area contributed by atoms with Crippen molar-refractivity contribution in [3.63, 3.8) is 0 Å². The summed E-state index contributed by atoms with van der Waals surface area (Å²) in [6, 6.07) is 13.1. The maximum Gasteiger partial charge on any atom is 0.257 e. The van der Waals surface area contributed by atoms with Gasteiger partial charge in [-0.15, -0.1) is 0 Å². The average molecular weight is 412 g/mol. The highest BCUT2D eigenvalue weighted by atomic mass is 32.2. The lowest BCUT2D eigenvalue weighted by Gasteiger charge is -2.10. The van der Waals surface area contributed by atoms with E-state index in [1.54, 1.807) is 34.5 Å². The molecule has 0 spiro atoms. The number of rotatable bonds is 8. The Morgan fingerprint density at radius 1 is 0.862 bits per heavy atom. The number of hydrogen-bond acceptors (Lipinski definition) is 8. The number of benzene rings is 2. The highest BCUT2D eigenvalue weighted by Gasteiger charge is 2.20. The molecule has 2 aromatic carbocycles. The van der Waals surface area contributed by atoms with Crippen LogP contribution in [0.3, 0.4) is 0 Å². The molecule has 29 heavy (non-hydrogen) atoms. The zero-order chi connectivity index (χ0) is 20.8. The maximum atomic E-state index is 8.89. The molecule has 0 unspecified atom stereocenters. The van der Waals surface area contributed by atoms with Crippen LogP contribution in [0.1, 0.15) is 0 Å². The molecule has 3 aromatic rings. The second-order valence-electron chi connectivity index (χ2n) is 5.74. The molecule has 8 heteroatoms. The number of nitrogens with zero attached hydrogens (tertiary/aromatic N) is 2. The van der Waals surface area contributed by atoms with Crippen molar-refractivity contribution in [2.45, 2.75) is 5.22 Å². The van der Waals surface area contributed by atoms with Gasteiger partial charge in [0.1, 0.15) is 5.69 Å². The number of ether oxygens (including phenoxy) is 4. The van der Waals surface area contributed by atoms with E-state index >= 15 is 0 Å². The van der Waals surface area contributed by atoms with Crippen molar-refractivity contribution in [1.82, 2.24) is 4.98 Å². The van der Waals surface area contributed by atoms with Crippen molar-refractivity contribution in [3.8, 4) is 51.6 Å². The molecule has 0 saturated heterocycles. The van der Waals surface area contributed by atoms with Gasteiger partial charge in [-0.2, -0.15) is 5.26 Å². The monoisotopic (exact) mass is 412 g/mol. The van der Waals surface area contributed by atoms with E-state index < -0.39 is 0 Å². The summed E-state index contributed by atoms with van der Waals surface area (Å²) in [6.45, 7) is 0. The lowest BCUT2D eigenvalue weighted by molar-refractivity contribution is 0.355. The van der Waals surface area contributed by atoms with Crippen LogP contribution in [-0.4, -0.2) is 39.2 Å². The van der Waals surface area contributed by atoms with Crippen molar-refractivity contribution in [2.75, 3.05) is 34.2 Å². The molecule has 3 rings (SSSR count). The summed E-state index contributed by atoms with van der Waals surface area (Å²) in [4.78, 5) is 4.60. The Kier molecular flexibility index (Phi) is 6.52. The number of oxazole rings is 1. The van der Waals surface area contributed by atoms with E-state index in [2.05, 4.69) is 11.1 Å². The zero-order valence-corrected chi connectivity index (χ0v) is 17.3. The van der Waals surface area contributed by atoms with Gasteiger partial charge < -0.3 is 23.4 Å². The third kappa shape index (κ3) is 4.25. The summed E-state index contributed by atoms with van der Waals surface area (Å²) in [5, 5.41) is 9.29. The Bertz CT molecular complexity index is 969. The molecule has 0 saturated carbocycles. The average Bonchev–Trinajstić information content (AvgIpc) is 3.20. The summed E-state index contributed by atoms with van der Waals surface area (Å²) in [7, 11) is 6.32. The van der Waals surface area contributed by atoms with Crippen LogP contribution in [0.2, 0.25) is 0 Å². The smallest absolute Gasteiger partial charge is 0.257 e. The molecule has 1 aromatic heterocycles. The third-order valence-corrected chi connectivity index (χ3v) is 4.87. The first kappa shape index (κ1) is 20.4. The largest absolute Gasteiger partial charge is 0.493 e. The van der Waals surface area contributed by atoms with Crippen molar-refractivity contribution >= 4 is 11.8 Å². The Labute approximate surface area is 173 Å². The van der Waals surface area contributed by atoms with Crippen molar-refractivity contribution in [1.29, 1.82) is 5.26 Å². The zero-order valence-electron chi connectivity index (χ0n) is 16.5. The van der Waals surface area contributed by atoms with Crippen LogP contribution >= 0.6 is 11.8 Å². The normalized spacial score (nSPS) is 10.3. The molecule has 1 heterocycles. The summed E-state index contributed by atoms with van der Waals surface area (Å²) < 4.78 is 27.4. The third-order valence-electron chi connectivity index (χ3n) is 4.17. The topological polar surface area (TPSA) is 86.7 Å². The Balaban J connectivity index is 2.15. The quantitative estimate of drug-likeness (QED) is 0.494. The van der Waals surface area contributed by atoms with Crippen LogP contribution in [0.25, 0.3) is 22.6 Å². The van der Waals surface area contributed by atoms with Gasteiger partial charge in [0.15, 0.2) is 28.8 Å². The van der Waals surface area contributed by atoms with E-state index in [1.807, 2.05) is 30.3 Å².